The van der Waals surface area contributed by atoms with Crippen LogP contribution in [0.15, 0.2) is 176 Å². The Morgan fingerprint density at radius 2 is 1.13 bits per heavy atom. The van der Waals surface area contributed by atoms with Crippen LogP contribution in [0.4, 0.5) is 5.82 Å². The molecule has 3 aliphatic rings. The van der Waals surface area contributed by atoms with E-state index >= 15 is 0 Å². The topological polar surface area (TPSA) is 78.6 Å². The predicted molar refractivity (Wildman–Crippen MR) is 209 cm³/mol. The van der Waals surface area contributed by atoms with Gasteiger partial charge >= 0.3 is 0 Å². The van der Waals surface area contributed by atoms with Gasteiger partial charge in [0, 0.05) is 28.8 Å². The highest BCUT2D eigenvalue weighted by atomic mass is 16.5. The van der Waals surface area contributed by atoms with E-state index in [0.29, 0.717) is 5.75 Å². The number of benzene rings is 5. The number of ether oxygens (including phenoxy) is 3. The van der Waals surface area contributed by atoms with Gasteiger partial charge in [-0.1, -0.05) is 84.9 Å². The van der Waals surface area contributed by atoms with Crippen molar-refractivity contribution in [2.45, 2.75) is 18.9 Å². The van der Waals surface area contributed by atoms with E-state index in [4.69, 9.17) is 24.4 Å². The van der Waals surface area contributed by atoms with Crippen LogP contribution in [0.5, 0.6) is 28.7 Å². The fourth-order valence-electron chi connectivity index (χ4n) is 7.02. The Bertz CT molecular complexity index is 2590. The van der Waals surface area contributed by atoms with Gasteiger partial charge < -0.3 is 14.2 Å². The Kier molecular flexibility index (Phi) is 7.88. The van der Waals surface area contributed by atoms with Crippen LogP contribution in [0.1, 0.15) is 24.4 Å². The summed E-state index contributed by atoms with van der Waals surface area (Å²) in [6, 6.07) is 47.6. The molecule has 2 aliphatic heterocycles. The Morgan fingerprint density at radius 1 is 0.556 bits per heavy atom. The van der Waals surface area contributed by atoms with Gasteiger partial charge in [-0.3, -0.25) is 0 Å². The number of nitrogens with one attached hydrogen (secondary N) is 1. The molecule has 0 spiro atoms. The van der Waals surface area contributed by atoms with Gasteiger partial charge in [-0.25, -0.2) is 10.4 Å². The Labute approximate surface area is 312 Å². The lowest BCUT2D eigenvalue weighted by Gasteiger charge is -2.28. The number of hydrogen-bond donors (Lipinski definition) is 1. The van der Waals surface area contributed by atoms with Crippen molar-refractivity contribution < 1.29 is 14.2 Å². The molecule has 0 saturated carbocycles. The number of hydrogen-bond acceptors (Lipinski definition) is 7. The molecule has 54 heavy (non-hydrogen) atoms. The standard InChI is InChI=1S/C45H34N6O3/c1-4-16-31(17-5-1)52-40-25-13-10-22-34(40)37-28-43-49(46-37)44-29-38(35-23-11-14-26-41(35)53-32-18-6-2-7-19-32)48-51(44)45-30-39(47-50(43)45)36-24-12-15-27-42(36)54-33-20-8-3-9-21-33/h1-2,4-8,10-30,38,48H,3,9H2. The molecule has 1 N–H and O–H groups in total. The number of allylic oxidation sites excluding steroid dienone is 3. The Hall–Kier alpha value is -7.10. The van der Waals surface area contributed by atoms with Gasteiger partial charge in [0.05, 0.1) is 17.4 Å². The fraction of sp³-hybridized carbons (Fsp3) is 0.0667. The van der Waals surface area contributed by atoms with Crippen molar-refractivity contribution >= 4 is 11.6 Å². The number of nitrogens with zero attached hydrogens (tertiary/aromatic N) is 5. The molecule has 9 heteroatoms. The summed E-state index contributed by atoms with van der Waals surface area (Å²) in [4.78, 5) is 0. The normalized spacial score (nSPS) is 15.5. The number of anilines is 1. The summed E-state index contributed by atoms with van der Waals surface area (Å²) >= 11 is 0. The third-order valence-corrected chi connectivity index (χ3v) is 9.57. The van der Waals surface area contributed by atoms with E-state index in [1.165, 1.54) is 0 Å². The SMILES string of the molecule is C1=CC(Oc2ccccc2-c2cc3n(n2)-c2cc(-c4ccccc4Oc4ccccc4)nn2C2=CC(c4ccccc4Oc4ccccc4)NN23)=CCC1. The first-order valence-corrected chi connectivity index (χ1v) is 18.0. The second-order valence-electron chi connectivity index (χ2n) is 13.1. The number of rotatable bonds is 9. The zero-order valence-electron chi connectivity index (χ0n) is 29.1. The summed E-state index contributed by atoms with van der Waals surface area (Å²) in [5.41, 5.74) is 7.98. The van der Waals surface area contributed by atoms with E-state index < -0.39 is 0 Å². The van der Waals surface area contributed by atoms with Gasteiger partial charge in [0.25, 0.3) is 0 Å². The lowest BCUT2D eigenvalue weighted by molar-refractivity contribution is 0.440. The minimum Gasteiger partial charge on any atom is -0.457 e. The molecule has 1 aliphatic carbocycles. The third kappa shape index (κ3) is 5.82. The molecule has 7 aromatic rings. The van der Waals surface area contributed by atoms with Crippen LogP contribution in [-0.4, -0.2) is 19.6 Å². The van der Waals surface area contributed by atoms with E-state index in [2.05, 4.69) is 41.9 Å². The Balaban J connectivity index is 1.09. The molecule has 9 nitrogen and oxygen atoms in total. The van der Waals surface area contributed by atoms with Crippen molar-refractivity contribution in [1.29, 1.82) is 0 Å². The van der Waals surface area contributed by atoms with Crippen LogP contribution in [0.25, 0.3) is 34.2 Å². The van der Waals surface area contributed by atoms with Crippen LogP contribution in [0.2, 0.25) is 0 Å². The Morgan fingerprint density at radius 3 is 1.81 bits per heavy atom. The van der Waals surface area contributed by atoms with Gasteiger partial charge in [-0.2, -0.15) is 19.6 Å². The summed E-state index contributed by atoms with van der Waals surface area (Å²) in [5, 5.41) is 12.5. The zero-order chi connectivity index (χ0) is 35.8. The van der Waals surface area contributed by atoms with Gasteiger partial charge in [-0.05, 0) is 85.7 Å². The molecule has 262 valence electrons. The maximum Gasteiger partial charge on any atom is 0.161 e. The van der Waals surface area contributed by atoms with Crippen molar-refractivity contribution in [1.82, 2.24) is 25.0 Å². The van der Waals surface area contributed by atoms with Crippen LogP contribution in [0.3, 0.4) is 0 Å². The van der Waals surface area contributed by atoms with Crippen molar-refractivity contribution in [2.75, 3.05) is 5.01 Å². The third-order valence-electron chi connectivity index (χ3n) is 9.57. The molecule has 0 saturated heterocycles. The molecule has 2 aromatic heterocycles. The summed E-state index contributed by atoms with van der Waals surface area (Å²) in [5.74, 6) is 7.03. The zero-order valence-corrected chi connectivity index (χ0v) is 29.1. The summed E-state index contributed by atoms with van der Waals surface area (Å²) in [6.07, 6.45) is 10.4. The van der Waals surface area contributed by atoms with E-state index in [-0.39, 0.29) is 6.04 Å². The molecule has 0 amide bonds. The van der Waals surface area contributed by atoms with E-state index in [9.17, 15) is 0 Å². The van der Waals surface area contributed by atoms with E-state index in [1.807, 2.05) is 148 Å². The number of fused-ring (bicyclic) bond motifs is 6. The van der Waals surface area contributed by atoms with E-state index in [1.54, 1.807) is 0 Å². The number of hydrazine groups is 1. The predicted octanol–water partition coefficient (Wildman–Crippen LogP) is 10.5. The van der Waals surface area contributed by atoms with Crippen molar-refractivity contribution in [3.05, 3.63) is 181 Å². The van der Waals surface area contributed by atoms with Crippen LogP contribution >= 0.6 is 0 Å². The van der Waals surface area contributed by atoms with Crippen LogP contribution in [0, 0.1) is 0 Å². The largest absolute Gasteiger partial charge is 0.457 e. The maximum atomic E-state index is 6.43. The average Bonchev–Trinajstić information content (AvgIpc) is 3.98. The summed E-state index contributed by atoms with van der Waals surface area (Å²) in [7, 11) is 0. The summed E-state index contributed by atoms with van der Waals surface area (Å²) < 4.78 is 23.1. The molecule has 4 heterocycles. The van der Waals surface area contributed by atoms with Crippen molar-refractivity contribution in [3.8, 4) is 57.1 Å². The first-order chi connectivity index (χ1) is 26.7. The monoisotopic (exact) mass is 706 g/mol. The molecule has 5 aromatic carbocycles. The molecular formula is C45H34N6O3. The van der Waals surface area contributed by atoms with Gasteiger partial charge in [-0.15, -0.1) is 0 Å². The molecule has 10 rings (SSSR count). The first-order valence-electron chi connectivity index (χ1n) is 18.0. The van der Waals surface area contributed by atoms with Gasteiger partial charge in [0.2, 0.25) is 0 Å². The average molecular weight is 707 g/mol. The van der Waals surface area contributed by atoms with E-state index in [0.717, 1.165) is 87.1 Å². The van der Waals surface area contributed by atoms with Crippen LogP contribution < -0.4 is 24.6 Å². The van der Waals surface area contributed by atoms with Gasteiger partial charge in [0.1, 0.15) is 34.5 Å². The smallest absolute Gasteiger partial charge is 0.161 e. The second kappa shape index (κ2) is 13.5. The highest BCUT2D eigenvalue weighted by Gasteiger charge is 2.37. The lowest BCUT2D eigenvalue weighted by atomic mass is 10.1. The highest BCUT2D eigenvalue weighted by molar-refractivity contribution is 5.81. The van der Waals surface area contributed by atoms with Gasteiger partial charge in [0.15, 0.2) is 17.5 Å². The fourth-order valence-corrected chi connectivity index (χ4v) is 7.02. The number of aromatic nitrogens is 4. The lowest BCUT2D eigenvalue weighted by Crippen LogP contribution is -2.39. The molecule has 0 fully saturated rings. The molecular weight excluding hydrogens is 673 g/mol. The molecule has 0 radical (unpaired) electrons. The maximum absolute atomic E-state index is 6.43. The minimum atomic E-state index is -0.236. The summed E-state index contributed by atoms with van der Waals surface area (Å²) in [6.45, 7) is 0. The second-order valence-corrected chi connectivity index (χ2v) is 13.1. The minimum absolute atomic E-state index is 0.236. The molecule has 1 unspecified atom stereocenters. The van der Waals surface area contributed by atoms with Crippen molar-refractivity contribution in [2.24, 2.45) is 0 Å². The first kappa shape index (κ1) is 31.6. The molecule has 0 bridgehead atoms. The van der Waals surface area contributed by atoms with Crippen LogP contribution in [-0.2, 0) is 0 Å². The number of para-hydroxylation sites is 5. The highest BCUT2D eigenvalue weighted by Crippen LogP contribution is 2.44. The van der Waals surface area contributed by atoms with Crippen molar-refractivity contribution in [3.63, 3.8) is 0 Å². The molecule has 1 atom stereocenters. The quantitative estimate of drug-likeness (QED) is 0.160.